The molecule has 0 bridgehead atoms. The van der Waals surface area contributed by atoms with Gasteiger partial charge in [0.15, 0.2) is 11.2 Å². The summed E-state index contributed by atoms with van der Waals surface area (Å²) in [5.74, 6) is -0.192. The molecular formula is C19H15BrN4O3S. The zero-order valence-corrected chi connectivity index (χ0v) is 17.2. The highest BCUT2D eigenvalue weighted by atomic mass is 79.9. The first-order chi connectivity index (χ1) is 13.6. The summed E-state index contributed by atoms with van der Waals surface area (Å²) in [5.41, 5.74) is 1.80. The molecule has 1 N–H and O–H groups in total. The average molecular weight is 459 g/mol. The zero-order chi connectivity index (χ0) is 19.7. The van der Waals surface area contributed by atoms with E-state index in [1.807, 2.05) is 12.1 Å². The molecule has 0 unspecified atom stereocenters. The van der Waals surface area contributed by atoms with E-state index in [0.717, 1.165) is 10.0 Å². The van der Waals surface area contributed by atoms with Crippen LogP contribution in [0.2, 0.25) is 0 Å². The van der Waals surface area contributed by atoms with Crippen LogP contribution in [0.1, 0.15) is 27.7 Å². The van der Waals surface area contributed by atoms with Crippen molar-refractivity contribution in [3.8, 4) is 5.75 Å². The van der Waals surface area contributed by atoms with E-state index >= 15 is 0 Å². The van der Waals surface area contributed by atoms with Crippen molar-refractivity contribution in [3.63, 3.8) is 0 Å². The highest BCUT2D eigenvalue weighted by Gasteiger charge is 2.40. The Morgan fingerprint density at radius 2 is 2.18 bits per heavy atom. The number of amides is 2. The number of nitrogens with zero attached hydrogens (tertiary/aromatic N) is 3. The van der Waals surface area contributed by atoms with Crippen molar-refractivity contribution in [2.45, 2.75) is 12.6 Å². The van der Waals surface area contributed by atoms with E-state index in [1.165, 1.54) is 23.3 Å². The summed E-state index contributed by atoms with van der Waals surface area (Å²) in [6.07, 6.45) is 3.18. The zero-order valence-electron chi connectivity index (χ0n) is 14.8. The third kappa shape index (κ3) is 3.38. The second-order valence-corrected chi connectivity index (χ2v) is 7.86. The predicted octanol–water partition coefficient (Wildman–Crippen LogP) is 3.65. The van der Waals surface area contributed by atoms with Gasteiger partial charge in [-0.25, -0.2) is 4.98 Å². The lowest BCUT2D eigenvalue weighted by Gasteiger charge is -2.27. The third-order valence-corrected chi connectivity index (χ3v) is 5.59. The molecule has 0 radical (unpaired) electrons. The molecule has 0 fully saturated rings. The van der Waals surface area contributed by atoms with Crippen molar-refractivity contribution in [1.29, 1.82) is 0 Å². The predicted molar refractivity (Wildman–Crippen MR) is 108 cm³/mol. The molecule has 0 saturated carbocycles. The molecule has 9 heteroatoms. The van der Waals surface area contributed by atoms with Crippen molar-refractivity contribution < 1.29 is 14.3 Å². The number of hydrogen-bond acceptors (Lipinski definition) is 6. The Morgan fingerprint density at radius 1 is 1.32 bits per heavy atom. The summed E-state index contributed by atoms with van der Waals surface area (Å²) in [6, 6.07) is 8.00. The molecule has 1 aromatic carbocycles. The van der Waals surface area contributed by atoms with Crippen molar-refractivity contribution in [2.75, 3.05) is 12.4 Å². The van der Waals surface area contributed by atoms with E-state index in [2.05, 4.69) is 31.2 Å². The Balaban J connectivity index is 1.75. The number of rotatable bonds is 5. The quantitative estimate of drug-likeness (QED) is 0.630. The lowest BCUT2D eigenvalue weighted by atomic mass is 10.1. The van der Waals surface area contributed by atoms with Crippen LogP contribution in [-0.2, 0) is 11.3 Å². The summed E-state index contributed by atoms with van der Waals surface area (Å²) in [7, 11) is 1.51. The highest BCUT2D eigenvalue weighted by molar-refractivity contribution is 9.10. The van der Waals surface area contributed by atoms with Gasteiger partial charge in [-0.2, -0.15) is 0 Å². The van der Waals surface area contributed by atoms with Crippen LogP contribution in [-0.4, -0.2) is 33.8 Å². The number of nitrogens with one attached hydrogen (secondary N) is 1. The Labute approximate surface area is 173 Å². The maximum atomic E-state index is 13.2. The SMILES string of the molecule is COc1cccnc1[C@H](C(=O)Nc1nccs1)N1Cc2ccc(Br)cc2C1=O. The molecule has 7 nitrogen and oxygen atoms in total. The number of benzene rings is 1. The first-order valence-corrected chi connectivity index (χ1v) is 10.0. The van der Waals surface area contributed by atoms with E-state index in [9.17, 15) is 9.59 Å². The number of pyridine rings is 1. The van der Waals surface area contributed by atoms with Crippen LogP contribution in [0.5, 0.6) is 5.75 Å². The molecule has 1 aliphatic heterocycles. The second kappa shape index (κ2) is 7.69. The number of hydrogen-bond donors (Lipinski definition) is 1. The Kier molecular flexibility index (Phi) is 5.10. The minimum absolute atomic E-state index is 0.233. The van der Waals surface area contributed by atoms with E-state index in [-0.39, 0.29) is 5.91 Å². The van der Waals surface area contributed by atoms with Crippen LogP contribution in [0.4, 0.5) is 5.13 Å². The van der Waals surface area contributed by atoms with E-state index in [4.69, 9.17) is 4.74 Å². The van der Waals surface area contributed by atoms with E-state index < -0.39 is 11.9 Å². The maximum absolute atomic E-state index is 13.2. The number of carbonyl (C=O) groups excluding carboxylic acids is 2. The fourth-order valence-electron chi connectivity index (χ4n) is 3.16. The van der Waals surface area contributed by atoms with Gasteiger partial charge in [-0.3, -0.25) is 19.9 Å². The maximum Gasteiger partial charge on any atom is 0.255 e. The molecule has 2 aromatic heterocycles. The Morgan fingerprint density at radius 3 is 2.93 bits per heavy atom. The standard InChI is InChI=1S/C19H15BrN4O3S/c1-27-14-3-2-6-21-15(14)16(17(25)23-19-22-7-8-28-19)24-10-11-4-5-12(20)9-13(11)18(24)26/h2-9,16H,10H2,1H3,(H,22,23,25)/t16-/m1/s1. The lowest BCUT2D eigenvalue weighted by molar-refractivity contribution is -0.121. The van der Waals surface area contributed by atoms with Crippen LogP contribution in [0.3, 0.4) is 0 Å². The molecule has 142 valence electrons. The Bertz CT molecular complexity index is 1040. The first kappa shape index (κ1) is 18.6. The summed E-state index contributed by atoms with van der Waals surface area (Å²) < 4.78 is 6.21. The van der Waals surface area contributed by atoms with Crippen molar-refractivity contribution in [1.82, 2.24) is 14.9 Å². The van der Waals surface area contributed by atoms with Crippen molar-refractivity contribution >= 4 is 44.2 Å². The van der Waals surface area contributed by atoms with Crippen LogP contribution in [0.15, 0.2) is 52.6 Å². The van der Waals surface area contributed by atoms with Gasteiger partial charge in [-0.05, 0) is 29.8 Å². The monoisotopic (exact) mass is 458 g/mol. The van der Waals surface area contributed by atoms with Crippen LogP contribution in [0.25, 0.3) is 0 Å². The molecule has 1 atom stereocenters. The van der Waals surface area contributed by atoms with Crippen LogP contribution >= 0.6 is 27.3 Å². The summed E-state index contributed by atoms with van der Waals surface area (Å²) in [6.45, 7) is 0.303. The lowest BCUT2D eigenvalue weighted by Crippen LogP contribution is -2.38. The minimum atomic E-state index is -0.960. The largest absolute Gasteiger partial charge is 0.495 e. The summed E-state index contributed by atoms with van der Waals surface area (Å²) >= 11 is 4.70. The number of methoxy groups -OCH3 is 1. The Hall–Kier alpha value is -2.78. The molecule has 3 aromatic rings. The summed E-state index contributed by atoms with van der Waals surface area (Å²) in [4.78, 5) is 36.3. The van der Waals surface area contributed by atoms with Gasteiger partial charge in [0.25, 0.3) is 11.8 Å². The molecule has 0 saturated heterocycles. The normalized spacial score (nSPS) is 13.9. The van der Waals surface area contributed by atoms with E-state index in [1.54, 1.807) is 36.0 Å². The van der Waals surface area contributed by atoms with Gasteiger partial charge in [-0.1, -0.05) is 22.0 Å². The minimum Gasteiger partial charge on any atom is -0.495 e. The second-order valence-electron chi connectivity index (χ2n) is 6.05. The number of ether oxygens (including phenoxy) is 1. The molecule has 0 spiro atoms. The topological polar surface area (TPSA) is 84.4 Å². The van der Waals surface area contributed by atoms with Gasteiger partial charge < -0.3 is 9.64 Å². The molecule has 0 aliphatic carbocycles. The smallest absolute Gasteiger partial charge is 0.255 e. The van der Waals surface area contributed by atoms with Crippen LogP contribution < -0.4 is 10.1 Å². The fourth-order valence-corrected chi connectivity index (χ4v) is 4.05. The number of aromatic nitrogens is 2. The van der Waals surface area contributed by atoms with Gasteiger partial charge >= 0.3 is 0 Å². The van der Waals surface area contributed by atoms with E-state index in [0.29, 0.717) is 28.7 Å². The number of fused-ring (bicyclic) bond motifs is 1. The highest BCUT2D eigenvalue weighted by Crippen LogP contribution is 2.36. The van der Waals surface area contributed by atoms with Crippen LogP contribution in [0, 0.1) is 0 Å². The molecule has 1 aliphatic rings. The number of anilines is 1. The third-order valence-electron chi connectivity index (χ3n) is 4.41. The van der Waals surface area contributed by atoms with Gasteiger partial charge in [0.2, 0.25) is 0 Å². The van der Waals surface area contributed by atoms with Gasteiger partial charge in [0.1, 0.15) is 11.4 Å². The van der Waals surface area contributed by atoms with Crippen molar-refractivity contribution in [3.05, 3.63) is 69.4 Å². The number of carbonyl (C=O) groups is 2. The first-order valence-electron chi connectivity index (χ1n) is 8.37. The molecule has 3 heterocycles. The van der Waals surface area contributed by atoms with Crippen molar-refractivity contribution in [2.24, 2.45) is 0 Å². The molecule has 28 heavy (non-hydrogen) atoms. The molecule has 4 rings (SSSR count). The molecule has 2 amide bonds. The number of thiazole rings is 1. The number of halogens is 1. The molecular weight excluding hydrogens is 444 g/mol. The van der Waals surface area contributed by atoms with Gasteiger partial charge in [-0.15, -0.1) is 11.3 Å². The van der Waals surface area contributed by atoms with Gasteiger partial charge in [0, 0.05) is 34.4 Å². The fraction of sp³-hybridized carbons (Fsp3) is 0.158. The average Bonchev–Trinajstić information content (AvgIpc) is 3.31. The summed E-state index contributed by atoms with van der Waals surface area (Å²) in [5, 5.41) is 5.00. The van der Waals surface area contributed by atoms with Gasteiger partial charge in [0.05, 0.1) is 7.11 Å².